The van der Waals surface area contributed by atoms with Gasteiger partial charge in [-0.05, 0) is 44.7 Å². The third kappa shape index (κ3) is 3.29. The highest BCUT2D eigenvalue weighted by molar-refractivity contribution is 5.97. The first-order valence-electron chi connectivity index (χ1n) is 6.80. The maximum absolute atomic E-state index is 12.1. The lowest BCUT2D eigenvalue weighted by Gasteiger charge is -2.26. The fraction of sp³-hybridized carbons (Fsp3) is 0.467. The van der Waals surface area contributed by atoms with Gasteiger partial charge in [-0.15, -0.1) is 0 Å². The highest BCUT2D eigenvalue weighted by atomic mass is 16.4. The van der Waals surface area contributed by atoms with Crippen LogP contribution in [0.3, 0.4) is 0 Å². The lowest BCUT2D eigenvalue weighted by molar-refractivity contribution is -0.142. The first kappa shape index (κ1) is 14.4. The Hall–Kier alpha value is -2.04. The van der Waals surface area contributed by atoms with E-state index in [0.29, 0.717) is 25.7 Å². The van der Waals surface area contributed by atoms with Crippen molar-refractivity contribution in [2.75, 3.05) is 0 Å². The molecule has 3 N–H and O–H groups in total. The minimum absolute atomic E-state index is 0.0157. The smallest absolute Gasteiger partial charge is 0.306 e. The molecule has 0 spiro atoms. The number of carbonyl (C=O) groups excluding carboxylic acids is 1. The van der Waals surface area contributed by atoms with Crippen molar-refractivity contribution >= 4 is 11.9 Å². The topological polar surface area (TPSA) is 86.6 Å². The van der Waals surface area contributed by atoms with Gasteiger partial charge in [0.15, 0.2) is 0 Å². The van der Waals surface area contributed by atoms with E-state index in [0.717, 1.165) is 5.56 Å². The molecule has 0 bridgehead atoms. The lowest BCUT2D eigenvalue weighted by atomic mass is 9.86. The van der Waals surface area contributed by atoms with Crippen LogP contribution in [0.4, 0.5) is 0 Å². The summed E-state index contributed by atoms with van der Waals surface area (Å²) in [6.07, 6.45) is 2.49. The van der Waals surface area contributed by atoms with Crippen LogP contribution in [-0.4, -0.2) is 28.1 Å². The fourth-order valence-corrected chi connectivity index (χ4v) is 2.58. The second-order valence-electron chi connectivity index (χ2n) is 5.38. The van der Waals surface area contributed by atoms with Gasteiger partial charge in [-0.25, -0.2) is 0 Å². The van der Waals surface area contributed by atoms with Gasteiger partial charge in [0.05, 0.1) is 11.5 Å². The highest BCUT2D eigenvalue weighted by Crippen LogP contribution is 2.25. The minimum Gasteiger partial charge on any atom is -0.507 e. The predicted octanol–water partition coefficient (Wildman–Crippen LogP) is 2.07. The number of phenolic OH excluding ortho intramolecular Hbond substituents is 1. The van der Waals surface area contributed by atoms with Crippen molar-refractivity contribution in [2.24, 2.45) is 5.92 Å². The summed E-state index contributed by atoms with van der Waals surface area (Å²) in [6, 6.07) is 4.88. The third-order valence-corrected chi connectivity index (χ3v) is 3.81. The van der Waals surface area contributed by atoms with Crippen LogP contribution in [0, 0.1) is 12.8 Å². The van der Waals surface area contributed by atoms with Crippen molar-refractivity contribution in [3.8, 4) is 5.75 Å². The van der Waals surface area contributed by atoms with E-state index in [1.165, 1.54) is 6.07 Å². The predicted molar refractivity (Wildman–Crippen MR) is 73.7 cm³/mol. The summed E-state index contributed by atoms with van der Waals surface area (Å²) in [4.78, 5) is 23.0. The maximum atomic E-state index is 12.1. The van der Waals surface area contributed by atoms with Crippen LogP contribution >= 0.6 is 0 Å². The molecular weight excluding hydrogens is 258 g/mol. The molecule has 0 unspecified atom stereocenters. The molecule has 20 heavy (non-hydrogen) atoms. The van der Waals surface area contributed by atoms with E-state index >= 15 is 0 Å². The van der Waals surface area contributed by atoms with Crippen LogP contribution in [0.1, 0.15) is 41.6 Å². The van der Waals surface area contributed by atoms with Crippen LogP contribution < -0.4 is 5.32 Å². The van der Waals surface area contributed by atoms with E-state index in [4.69, 9.17) is 5.11 Å². The largest absolute Gasteiger partial charge is 0.507 e. The number of carbonyl (C=O) groups is 2. The molecule has 1 fully saturated rings. The van der Waals surface area contributed by atoms with Crippen molar-refractivity contribution in [1.82, 2.24) is 5.32 Å². The zero-order valence-corrected chi connectivity index (χ0v) is 11.4. The van der Waals surface area contributed by atoms with E-state index < -0.39 is 5.97 Å². The summed E-state index contributed by atoms with van der Waals surface area (Å²) in [5.74, 6) is -1.39. The van der Waals surface area contributed by atoms with E-state index in [1.807, 2.05) is 6.92 Å². The van der Waals surface area contributed by atoms with Gasteiger partial charge in [0.1, 0.15) is 5.75 Å². The summed E-state index contributed by atoms with van der Waals surface area (Å²) in [5.41, 5.74) is 1.17. The fourth-order valence-electron chi connectivity index (χ4n) is 2.58. The van der Waals surface area contributed by atoms with Gasteiger partial charge >= 0.3 is 5.97 Å². The molecule has 1 aromatic rings. The minimum atomic E-state index is -0.758. The van der Waals surface area contributed by atoms with Gasteiger partial charge in [-0.2, -0.15) is 0 Å². The Kier molecular flexibility index (Phi) is 4.27. The summed E-state index contributed by atoms with van der Waals surface area (Å²) in [6.45, 7) is 1.86. The normalized spacial score (nSPS) is 22.2. The Morgan fingerprint density at radius 3 is 2.45 bits per heavy atom. The van der Waals surface area contributed by atoms with E-state index in [2.05, 4.69) is 5.32 Å². The molecule has 1 amide bonds. The maximum Gasteiger partial charge on any atom is 0.306 e. The van der Waals surface area contributed by atoms with Crippen LogP contribution in [-0.2, 0) is 4.79 Å². The number of carboxylic acids is 1. The van der Waals surface area contributed by atoms with Crippen LogP contribution in [0.25, 0.3) is 0 Å². The Morgan fingerprint density at radius 1 is 1.20 bits per heavy atom. The SMILES string of the molecule is Cc1ccc(O)c(C(=O)NC2CCC(C(=O)O)CC2)c1. The van der Waals surface area contributed by atoms with Crippen molar-refractivity contribution in [3.05, 3.63) is 29.3 Å². The van der Waals surface area contributed by atoms with E-state index in [9.17, 15) is 14.7 Å². The van der Waals surface area contributed by atoms with Crippen LogP contribution in [0.5, 0.6) is 5.75 Å². The van der Waals surface area contributed by atoms with E-state index in [-0.39, 0.29) is 29.2 Å². The monoisotopic (exact) mass is 277 g/mol. The Morgan fingerprint density at radius 2 is 1.85 bits per heavy atom. The van der Waals surface area contributed by atoms with Gasteiger partial charge in [-0.3, -0.25) is 9.59 Å². The Balaban J connectivity index is 1.96. The molecule has 0 aromatic heterocycles. The number of aromatic hydroxyl groups is 1. The number of hydrogen-bond acceptors (Lipinski definition) is 3. The molecule has 108 valence electrons. The molecule has 0 radical (unpaired) electrons. The molecule has 0 saturated heterocycles. The molecule has 5 nitrogen and oxygen atoms in total. The van der Waals surface area contributed by atoms with Crippen molar-refractivity contribution in [1.29, 1.82) is 0 Å². The lowest BCUT2D eigenvalue weighted by Crippen LogP contribution is -2.38. The number of carboxylic acid groups (broad SMARTS) is 1. The number of nitrogens with one attached hydrogen (secondary N) is 1. The summed E-state index contributed by atoms with van der Waals surface area (Å²) >= 11 is 0. The number of hydrogen-bond donors (Lipinski definition) is 3. The molecule has 1 saturated carbocycles. The molecule has 1 aliphatic carbocycles. The molecule has 2 rings (SSSR count). The number of aliphatic carboxylic acids is 1. The van der Waals surface area contributed by atoms with Crippen molar-refractivity contribution in [2.45, 2.75) is 38.6 Å². The first-order valence-corrected chi connectivity index (χ1v) is 6.80. The van der Waals surface area contributed by atoms with Gasteiger partial charge in [0.25, 0.3) is 5.91 Å². The number of phenols is 1. The zero-order chi connectivity index (χ0) is 14.7. The summed E-state index contributed by atoms with van der Waals surface area (Å²) in [7, 11) is 0. The average molecular weight is 277 g/mol. The van der Waals surface area contributed by atoms with E-state index in [1.54, 1.807) is 12.1 Å². The molecule has 5 heteroatoms. The number of amides is 1. The Labute approximate surface area is 117 Å². The van der Waals surface area contributed by atoms with Crippen molar-refractivity contribution in [3.63, 3.8) is 0 Å². The van der Waals surface area contributed by atoms with Crippen LogP contribution in [0.15, 0.2) is 18.2 Å². The first-order chi connectivity index (χ1) is 9.47. The van der Waals surface area contributed by atoms with Crippen molar-refractivity contribution < 1.29 is 19.8 Å². The molecule has 0 heterocycles. The van der Waals surface area contributed by atoms with Crippen LogP contribution in [0.2, 0.25) is 0 Å². The number of benzene rings is 1. The second kappa shape index (κ2) is 5.94. The molecule has 0 atom stereocenters. The Bertz CT molecular complexity index is 519. The quantitative estimate of drug-likeness (QED) is 0.789. The molecule has 1 aliphatic rings. The average Bonchev–Trinajstić information content (AvgIpc) is 2.42. The highest BCUT2D eigenvalue weighted by Gasteiger charge is 2.27. The number of rotatable bonds is 3. The second-order valence-corrected chi connectivity index (χ2v) is 5.38. The van der Waals surface area contributed by atoms with Gasteiger partial charge in [0.2, 0.25) is 0 Å². The third-order valence-electron chi connectivity index (χ3n) is 3.81. The summed E-state index contributed by atoms with van der Waals surface area (Å²) < 4.78 is 0. The van der Waals surface area contributed by atoms with Gasteiger partial charge in [-0.1, -0.05) is 11.6 Å². The standard InChI is InChI=1S/C15H19NO4/c1-9-2-7-13(17)12(8-9)14(18)16-11-5-3-10(4-6-11)15(19)20/h2,7-8,10-11,17H,3-6H2,1H3,(H,16,18)(H,19,20). The number of aryl methyl sites for hydroxylation is 1. The zero-order valence-electron chi connectivity index (χ0n) is 11.4. The van der Waals surface area contributed by atoms with Gasteiger partial charge in [0, 0.05) is 6.04 Å². The molecule has 1 aromatic carbocycles. The summed E-state index contributed by atoms with van der Waals surface area (Å²) in [5, 5.41) is 21.5. The molecule has 0 aliphatic heterocycles. The molecular formula is C15H19NO4. The van der Waals surface area contributed by atoms with Gasteiger partial charge < -0.3 is 15.5 Å².